The van der Waals surface area contributed by atoms with Crippen LogP contribution in [0.25, 0.3) is 0 Å². The Morgan fingerprint density at radius 3 is 2.45 bits per heavy atom. The van der Waals surface area contributed by atoms with Gasteiger partial charge in [0.25, 0.3) is 0 Å². The number of piperazine rings is 1. The first kappa shape index (κ1) is 17.6. The molecule has 2 rings (SSSR count). The Bertz CT molecular complexity index is 443. The van der Waals surface area contributed by atoms with E-state index in [1.807, 2.05) is 4.90 Å². The molecule has 0 aliphatic carbocycles. The number of benzene rings is 1. The summed E-state index contributed by atoms with van der Waals surface area (Å²) in [6.45, 7) is 2.92. The van der Waals surface area contributed by atoms with Crippen molar-refractivity contribution in [3.8, 4) is 0 Å². The summed E-state index contributed by atoms with van der Waals surface area (Å²) in [6, 6.07) is 1.72. The highest BCUT2D eigenvalue weighted by Gasteiger charge is 2.27. The lowest BCUT2D eigenvalue weighted by atomic mass is 10.0. The summed E-state index contributed by atoms with van der Waals surface area (Å²) >= 11 is 5.91. The summed E-state index contributed by atoms with van der Waals surface area (Å²) < 4.78 is 27.5. The molecule has 1 heterocycles. The van der Waals surface area contributed by atoms with Gasteiger partial charge in [0.05, 0.1) is 5.02 Å². The topological polar surface area (TPSA) is 35.5 Å². The average molecular weight is 327 g/mol. The predicted molar refractivity (Wildman–Crippen MR) is 77.5 cm³/mol. The number of aliphatic hydroxyl groups excluding tert-OH is 1. The maximum absolute atomic E-state index is 14.0. The van der Waals surface area contributed by atoms with Crippen LogP contribution in [0.5, 0.6) is 0 Å². The van der Waals surface area contributed by atoms with E-state index in [9.17, 15) is 13.9 Å². The Balaban J connectivity index is 0.00000200. The summed E-state index contributed by atoms with van der Waals surface area (Å²) in [6.07, 6.45) is 0.333. The molecule has 114 valence electrons. The monoisotopic (exact) mass is 326 g/mol. The highest BCUT2D eigenvalue weighted by molar-refractivity contribution is 6.31. The molecule has 0 aromatic heterocycles. The molecule has 0 amide bonds. The number of halogens is 4. The van der Waals surface area contributed by atoms with E-state index in [2.05, 4.69) is 5.32 Å². The Morgan fingerprint density at radius 2 is 1.85 bits per heavy atom. The summed E-state index contributed by atoms with van der Waals surface area (Å²) in [5.41, 5.74) is 0.151. The molecule has 0 bridgehead atoms. The van der Waals surface area contributed by atoms with Gasteiger partial charge in [-0.15, -0.1) is 12.4 Å². The van der Waals surface area contributed by atoms with Crippen LogP contribution in [0, 0.1) is 11.6 Å². The second-order valence-corrected chi connectivity index (χ2v) is 4.95. The lowest BCUT2D eigenvalue weighted by Gasteiger charge is -2.35. The van der Waals surface area contributed by atoms with Gasteiger partial charge in [0.1, 0.15) is 11.6 Å². The number of aliphatic hydroxyl groups is 1. The van der Waals surface area contributed by atoms with Crippen LogP contribution < -0.4 is 5.32 Å². The number of nitrogens with zero attached hydrogens (tertiary/aromatic N) is 1. The van der Waals surface area contributed by atoms with Crippen LogP contribution in [0.1, 0.15) is 18.0 Å². The van der Waals surface area contributed by atoms with Gasteiger partial charge in [0.2, 0.25) is 0 Å². The van der Waals surface area contributed by atoms with Crippen LogP contribution in [0.2, 0.25) is 5.02 Å². The van der Waals surface area contributed by atoms with E-state index in [1.54, 1.807) is 0 Å². The minimum Gasteiger partial charge on any atom is -0.396 e. The normalized spacial score (nSPS) is 17.6. The highest BCUT2D eigenvalue weighted by Crippen LogP contribution is 2.34. The molecule has 20 heavy (non-hydrogen) atoms. The van der Waals surface area contributed by atoms with Gasteiger partial charge in [-0.1, -0.05) is 11.6 Å². The lowest BCUT2D eigenvalue weighted by Crippen LogP contribution is -2.45. The van der Waals surface area contributed by atoms with Crippen molar-refractivity contribution < 1.29 is 13.9 Å². The number of hydrogen-bond acceptors (Lipinski definition) is 3. The van der Waals surface area contributed by atoms with Crippen molar-refractivity contribution in [1.29, 1.82) is 0 Å². The van der Waals surface area contributed by atoms with Crippen LogP contribution in [-0.4, -0.2) is 42.8 Å². The fourth-order valence-corrected chi connectivity index (χ4v) is 2.75. The molecule has 1 fully saturated rings. The Labute approximate surface area is 128 Å². The van der Waals surface area contributed by atoms with E-state index in [0.717, 1.165) is 38.3 Å². The predicted octanol–water partition coefficient (Wildman–Crippen LogP) is 2.37. The largest absolute Gasteiger partial charge is 0.396 e. The smallest absolute Gasteiger partial charge is 0.142 e. The maximum Gasteiger partial charge on any atom is 0.142 e. The van der Waals surface area contributed by atoms with E-state index in [-0.39, 0.29) is 29.6 Å². The van der Waals surface area contributed by atoms with Crippen molar-refractivity contribution in [2.24, 2.45) is 0 Å². The van der Waals surface area contributed by atoms with Crippen molar-refractivity contribution in [2.75, 3.05) is 32.8 Å². The molecule has 3 nitrogen and oxygen atoms in total. The average Bonchev–Trinajstić information content (AvgIpc) is 2.43. The van der Waals surface area contributed by atoms with Gasteiger partial charge >= 0.3 is 0 Å². The minimum absolute atomic E-state index is 0. The number of nitrogens with one attached hydrogen (secondary N) is 1. The van der Waals surface area contributed by atoms with Crippen molar-refractivity contribution >= 4 is 24.0 Å². The molecule has 0 unspecified atom stereocenters. The number of rotatable bonds is 4. The van der Waals surface area contributed by atoms with Gasteiger partial charge < -0.3 is 10.4 Å². The molecule has 1 saturated heterocycles. The minimum atomic E-state index is -0.629. The SMILES string of the molecule is Cl.OCC[C@@H](c1c(F)ccc(F)c1Cl)N1CCNCC1. The van der Waals surface area contributed by atoms with Crippen LogP contribution in [0.15, 0.2) is 12.1 Å². The number of hydrogen-bond donors (Lipinski definition) is 2. The van der Waals surface area contributed by atoms with Gasteiger partial charge in [0.15, 0.2) is 0 Å². The first-order chi connectivity index (χ1) is 9.15. The Hall–Kier alpha value is -0.460. The van der Waals surface area contributed by atoms with Gasteiger partial charge in [-0.25, -0.2) is 8.78 Å². The van der Waals surface area contributed by atoms with Crippen LogP contribution in [-0.2, 0) is 0 Å². The molecule has 1 aliphatic heterocycles. The summed E-state index contributed by atoms with van der Waals surface area (Å²) in [5.74, 6) is -1.15. The summed E-state index contributed by atoms with van der Waals surface area (Å²) in [5, 5.41) is 12.2. The first-order valence-electron chi connectivity index (χ1n) is 6.34. The zero-order chi connectivity index (χ0) is 13.8. The van der Waals surface area contributed by atoms with Gasteiger partial charge in [-0.05, 0) is 18.6 Å². The second kappa shape index (κ2) is 8.10. The van der Waals surface area contributed by atoms with E-state index < -0.39 is 17.7 Å². The van der Waals surface area contributed by atoms with Crippen LogP contribution >= 0.6 is 24.0 Å². The molecule has 0 saturated carbocycles. The standard InChI is InChI=1S/C13H17ClF2N2O.ClH/c14-13-10(16)2-1-9(15)12(13)11(3-8-19)18-6-4-17-5-7-18;/h1-2,11,17,19H,3-8H2;1H/t11-;/m0./s1. The van der Waals surface area contributed by atoms with Crippen molar-refractivity contribution in [3.63, 3.8) is 0 Å². The summed E-state index contributed by atoms with van der Waals surface area (Å²) in [4.78, 5) is 2.02. The van der Waals surface area contributed by atoms with Gasteiger partial charge in [0, 0.05) is 44.4 Å². The van der Waals surface area contributed by atoms with Crippen LogP contribution in [0.4, 0.5) is 8.78 Å². The first-order valence-corrected chi connectivity index (χ1v) is 6.72. The Morgan fingerprint density at radius 1 is 1.25 bits per heavy atom. The van der Waals surface area contributed by atoms with E-state index >= 15 is 0 Å². The van der Waals surface area contributed by atoms with Crippen molar-refractivity contribution in [3.05, 3.63) is 34.4 Å². The molecule has 1 aliphatic rings. The maximum atomic E-state index is 14.0. The summed E-state index contributed by atoms with van der Waals surface area (Å²) in [7, 11) is 0. The van der Waals surface area contributed by atoms with E-state index in [0.29, 0.717) is 6.42 Å². The highest BCUT2D eigenvalue weighted by atomic mass is 35.5. The molecular formula is C13H18Cl2F2N2O. The molecule has 1 aromatic rings. The lowest BCUT2D eigenvalue weighted by molar-refractivity contribution is 0.138. The van der Waals surface area contributed by atoms with Crippen LogP contribution in [0.3, 0.4) is 0 Å². The van der Waals surface area contributed by atoms with E-state index in [4.69, 9.17) is 11.6 Å². The third-order valence-corrected chi connectivity index (χ3v) is 3.79. The zero-order valence-corrected chi connectivity index (χ0v) is 12.5. The van der Waals surface area contributed by atoms with Gasteiger partial charge in [-0.2, -0.15) is 0 Å². The molecule has 1 atom stereocenters. The molecule has 2 N–H and O–H groups in total. The molecule has 0 spiro atoms. The van der Waals surface area contributed by atoms with Crippen molar-refractivity contribution in [1.82, 2.24) is 10.2 Å². The molecule has 1 aromatic carbocycles. The van der Waals surface area contributed by atoms with E-state index in [1.165, 1.54) is 0 Å². The molecule has 0 radical (unpaired) electrons. The third-order valence-electron chi connectivity index (χ3n) is 3.41. The quantitative estimate of drug-likeness (QED) is 0.834. The van der Waals surface area contributed by atoms with Gasteiger partial charge in [-0.3, -0.25) is 4.90 Å². The third kappa shape index (κ3) is 3.80. The molecular weight excluding hydrogens is 309 g/mol. The molecule has 7 heteroatoms. The fourth-order valence-electron chi connectivity index (χ4n) is 2.47. The second-order valence-electron chi connectivity index (χ2n) is 4.57. The zero-order valence-electron chi connectivity index (χ0n) is 10.9. The fraction of sp³-hybridized carbons (Fsp3) is 0.538. The Kier molecular flexibility index (Phi) is 7.12. The van der Waals surface area contributed by atoms with Crippen molar-refractivity contribution in [2.45, 2.75) is 12.5 Å².